The Kier molecular flexibility index (Phi) is 14.6. The van der Waals surface area contributed by atoms with E-state index in [0.717, 1.165) is 18.8 Å². The molecule has 0 rings (SSSR count). The van der Waals surface area contributed by atoms with Gasteiger partial charge < -0.3 is 4.74 Å². The fourth-order valence-corrected chi connectivity index (χ4v) is 2.34. The van der Waals surface area contributed by atoms with Gasteiger partial charge in [-0.1, -0.05) is 72.0 Å². The molecule has 0 amide bonds. The largest absolute Gasteiger partial charge is 0.465 e. The van der Waals surface area contributed by atoms with E-state index in [0.29, 0.717) is 18.9 Å². The molecular weight excluding hydrogens is 272 g/mol. The van der Waals surface area contributed by atoms with Gasteiger partial charge in [0.05, 0.1) is 6.61 Å². The maximum atomic E-state index is 11.4. The maximum absolute atomic E-state index is 11.4. The number of rotatable bonds is 14. The lowest BCUT2D eigenvalue weighted by Gasteiger charge is -2.06. The summed E-state index contributed by atoms with van der Waals surface area (Å²) < 4.78 is 5.17. The highest BCUT2D eigenvalue weighted by Crippen LogP contribution is 2.12. The number of ether oxygens (including phenoxy) is 1. The van der Waals surface area contributed by atoms with Crippen molar-refractivity contribution in [2.75, 3.05) is 6.61 Å². The van der Waals surface area contributed by atoms with Gasteiger partial charge in [-0.3, -0.25) is 4.79 Å². The molecule has 0 saturated heterocycles. The second-order valence-corrected chi connectivity index (χ2v) is 6.93. The molecule has 0 saturated carbocycles. The highest BCUT2D eigenvalue weighted by Gasteiger charge is 2.03. The molecule has 0 radical (unpaired) electrons. The van der Waals surface area contributed by atoms with Crippen molar-refractivity contribution in [2.45, 2.75) is 91.9 Å². The molecule has 0 spiro atoms. The summed E-state index contributed by atoms with van der Waals surface area (Å²) in [6, 6.07) is 0. The maximum Gasteiger partial charge on any atom is 0.305 e. The van der Waals surface area contributed by atoms with Crippen LogP contribution in [0.25, 0.3) is 0 Å². The van der Waals surface area contributed by atoms with E-state index >= 15 is 0 Å². The number of hydrogen-bond acceptors (Lipinski definition) is 2. The van der Waals surface area contributed by atoms with Crippen LogP contribution >= 0.6 is 0 Å². The van der Waals surface area contributed by atoms with E-state index in [9.17, 15) is 4.79 Å². The molecule has 0 aliphatic carbocycles. The van der Waals surface area contributed by atoms with Gasteiger partial charge in [0.15, 0.2) is 0 Å². The molecule has 0 bridgehead atoms. The second-order valence-electron chi connectivity index (χ2n) is 6.93. The highest BCUT2D eigenvalue weighted by molar-refractivity contribution is 5.69. The van der Waals surface area contributed by atoms with Gasteiger partial charge >= 0.3 is 5.97 Å². The molecular formula is C20H38O2. The van der Waals surface area contributed by atoms with Crippen molar-refractivity contribution in [1.29, 1.82) is 0 Å². The van der Waals surface area contributed by atoms with Crippen LogP contribution in [0.5, 0.6) is 0 Å². The minimum atomic E-state index is -0.0299. The van der Waals surface area contributed by atoms with Crippen molar-refractivity contribution in [3.8, 4) is 0 Å². The van der Waals surface area contributed by atoms with Gasteiger partial charge in [-0.2, -0.15) is 0 Å². The molecule has 0 N–H and O–H groups in total. The van der Waals surface area contributed by atoms with Gasteiger partial charge in [-0.25, -0.2) is 0 Å². The topological polar surface area (TPSA) is 26.3 Å². The number of esters is 1. The van der Waals surface area contributed by atoms with Crippen LogP contribution in [0.2, 0.25) is 0 Å². The van der Waals surface area contributed by atoms with Crippen molar-refractivity contribution in [3.63, 3.8) is 0 Å². The van der Waals surface area contributed by atoms with Gasteiger partial charge in [0.1, 0.15) is 0 Å². The Labute approximate surface area is 138 Å². The number of allylic oxidation sites excluding steroid dienone is 2. The van der Waals surface area contributed by atoms with Crippen LogP contribution in [-0.2, 0) is 9.53 Å². The zero-order valence-electron chi connectivity index (χ0n) is 15.4. The minimum Gasteiger partial charge on any atom is -0.465 e. The third-order valence-corrected chi connectivity index (χ3v) is 3.81. The van der Waals surface area contributed by atoms with Gasteiger partial charge in [0.25, 0.3) is 0 Å². The Bertz CT molecular complexity index is 281. The number of carbonyl (C=O) groups is 1. The molecule has 22 heavy (non-hydrogen) atoms. The predicted molar refractivity (Wildman–Crippen MR) is 95.9 cm³/mol. The molecule has 0 aromatic carbocycles. The lowest BCUT2D eigenvalue weighted by atomic mass is 10.0. The van der Waals surface area contributed by atoms with E-state index in [1.165, 1.54) is 44.9 Å². The van der Waals surface area contributed by atoms with E-state index in [2.05, 4.69) is 39.8 Å². The predicted octanol–water partition coefficient (Wildman–Crippen LogP) is 6.30. The van der Waals surface area contributed by atoms with Crippen molar-refractivity contribution in [1.82, 2.24) is 0 Å². The Morgan fingerprint density at radius 3 is 2.36 bits per heavy atom. The Balaban J connectivity index is 3.33. The van der Waals surface area contributed by atoms with Crippen molar-refractivity contribution in [3.05, 3.63) is 12.2 Å². The van der Waals surface area contributed by atoms with E-state index in [4.69, 9.17) is 4.74 Å². The number of unbranched alkanes of at least 4 members (excludes halogenated alkanes) is 6. The summed E-state index contributed by atoms with van der Waals surface area (Å²) in [7, 11) is 0. The SMILES string of the molecule is CCCCC(C)/C=C\CCCCCCCC(=O)OCC(C)C. The van der Waals surface area contributed by atoms with E-state index in [-0.39, 0.29) is 5.97 Å². The molecule has 2 nitrogen and oxygen atoms in total. The monoisotopic (exact) mass is 310 g/mol. The highest BCUT2D eigenvalue weighted by atomic mass is 16.5. The zero-order chi connectivity index (χ0) is 16.6. The van der Waals surface area contributed by atoms with Gasteiger partial charge in [0, 0.05) is 6.42 Å². The van der Waals surface area contributed by atoms with E-state index in [1.807, 2.05) is 0 Å². The van der Waals surface area contributed by atoms with E-state index in [1.54, 1.807) is 0 Å². The Hall–Kier alpha value is -0.790. The molecule has 1 unspecified atom stereocenters. The summed E-state index contributed by atoms with van der Waals surface area (Å²) in [6.07, 6.45) is 16.4. The third-order valence-electron chi connectivity index (χ3n) is 3.81. The molecule has 0 aromatic rings. The van der Waals surface area contributed by atoms with Crippen LogP contribution < -0.4 is 0 Å². The first kappa shape index (κ1) is 21.2. The van der Waals surface area contributed by atoms with Crippen molar-refractivity contribution in [2.24, 2.45) is 11.8 Å². The first-order chi connectivity index (χ1) is 10.6. The molecule has 0 aliphatic heterocycles. The quantitative estimate of drug-likeness (QED) is 0.214. The van der Waals surface area contributed by atoms with E-state index < -0.39 is 0 Å². The molecule has 0 heterocycles. The first-order valence-corrected chi connectivity index (χ1v) is 9.38. The average Bonchev–Trinajstić information content (AvgIpc) is 2.49. The van der Waals surface area contributed by atoms with Gasteiger partial charge in [-0.05, 0) is 37.5 Å². The Morgan fingerprint density at radius 2 is 1.68 bits per heavy atom. The number of carbonyl (C=O) groups excluding carboxylic acids is 1. The number of hydrogen-bond donors (Lipinski definition) is 0. The lowest BCUT2D eigenvalue weighted by Crippen LogP contribution is -2.09. The normalized spacial score (nSPS) is 13.0. The zero-order valence-corrected chi connectivity index (χ0v) is 15.4. The molecule has 130 valence electrons. The molecule has 0 aliphatic rings. The molecule has 2 heteroatoms. The summed E-state index contributed by atoms with van der Waals surface area (Å²) in [5.41, 5.74) is 0. The van der Waals surface area contributed by atoms with Crippen LogP contribution in [-0.4, -0.2) is 12.6 Å². The Morgan fingerprint density at radius 1 is 1.00 bits per heavy atom. The second kappa shape index (κ2) is 15.1. The smallest absolute Gasteiger partial charge is 0.305 e. The van der Waals surface area contributed by atoms with Crippen LogP contribution in [0.15, 0.2) is 12.2 Å². The standard InChI is InChI=1S/C20H38O2/c1-5-6-14-19(4)15-12-10-8-7-9-11-13-16-20(21)22-17-18(2)3/h12,15,18-19H,5-11,13-14,16-17H2,1-4H3/b15-12-. The van der Waals surface area contributed by atoms with Crippen LogP contribution in [0.4, 0.5) is 0 Å². The van der Waals surface area contributed by atoms with Crippen molar-refractivity contribution >= 4 is 5.97 Å². The van der Waals surface area contributed by atoms with Crippen LogP contribution in [0, 0.1) is 11.8 Å². The first-order valence-electron chi connectivity index (χ1n) is 9.38. The van der Waals surface area contributed by atoms with Crippen LogP contribution in [0.3, 0.4) is 0 Å². The average molecular weight is 311 g/mol. The molecule has 0 fully saturated rings. The summed E-state index contributed by atoms with van der Waals surface area (Å²) >= 11 is 0. The molecule has 0 aromatic heterocycles. The summed E-state index contributed by atoms with van der Waals surface area (Å²) in [4.78, 5) is 11.4. The van der Waals surface area contributed by atoms with Gasteiger partial charge in [0.2, 0.25) is 0 Å². The fraction of sp³-hybridized carbons (Fsp3) is 0.850. The minimum absolute atomic E-state index is 0.0299. The lowest BCUT2D eigenvalue weighted by molar-refractivity contribution is -0.144. The summed E-state index contributed by atoms with van der Waals surface area (Å²) in [5.74, 6) is 1.14. The summed E-state index contributed by atoms with van der Waals surface area (Å²) in [6.45, 7) is 9.24. The third kappa shape index (κ3) is 15.6. The fourth-order valence-electron chi connectivity index (χ4n) is 2.34. The van der Waals surface area contributed by atoms with Gasteiger partial charge in [-0.15, -0.1) is 0 Å². The van der Waals surface area contributed by atoms with Crippen LogP contribution in [0.1, 0.15) is 91.9 Å². The molecule has 1 atom stereocenters. The summed E-state index contributed by atoms with van der Waals surface area (Å²) in [5, 5.41) is 0. The van der Waals surface area contributed by atoms with Crippen molar-refractivity contribution < 1.29 is 9.53 Å².